The number of carbonyl (C=O) groups is 2. The first kappa shape index (κ1) is 21.9. The fraction of sp³-hybridized carbons (Fsp3) is 0.545. The molecular weight excluding hydrogens is 328 g/mol. The van der Waals surface area contributed by atoms with E-state index < -0.39 is 0 Å². The van der Waals surface area contributed by atoms with E-state index in [1.165, 1.54) is 0 Å². The number of hydrogen-bond acceptors (Lipinski definition) is 4. The van der Waals surface area contributed by atoms with E-state index >= 15 is 0 Å². The molecule has 1 aromatic carbocycles. The maximum absolute atomic E-state index is 11.6. The second kappa shape index (κ2) is 15.2. The third-order valence-electron chi connectivity index (χ3n) is 3.93. The van der Waals surface area contributed by atoms with E-state index in [0.717, 1.165) is 50.5 Å². The second-order valence-electron chi connectivity index (χ2n) is 6.34. The van der Waals surface area contributed by atoms with Crippen molar-refractivity contribution in [1.82, 2.24) is 0 Å². The van der Waals surface area contributed by atoms with E-state index in [2.05, 4.69) is 0 Å². The lowest BCUT2D eigenvalue weighted by Crippen LogP contribution is -2.04. The largest absolute Gasteiger partial charge is 0.466 e. The van der Waals surface area contributed by atoms with Crippen LogP contribution >= 0.6 is 0 Å². The molecule has 0 saturated heterocycles. The maximum Gasteiger partial charge on any atom is 0.306 e. The fourth-order valence-electron chi connectivity index (χ4n) is 2.50. The average Bonchev–Trinajstić information content (AvgIpc) is 2.66. The number of hydrogen-bond donors (Lipinski definition) is 0. The molecule has 0 bridgehead atoms. The van der Waals surface area contributed by atoms with E-state index in [1.807, 2.05) is 49.4 Å². The van der Waals surface area contributed by atoms with Gasteiger partial charge in [-0.2, -0.15) is 0 Å². The van der Waals surface area contributed by atoms with Gasteiger partial charge in [-0.05, 0) is 30.9 Å². The molecule has 0 aliphatic rings. The molecule has 0 aromatic heterocycles. The minimum atomic E-state index is -0.138. The third kappa shape index (κ3) is 12.3. The van der Waals surface area contributed by atoms with E-state index in [9.17, 15) is 9.59 Å². The molecule has 1 rings (SSSR count). The van der Waals surface area contributed by atoms with E-state index in [4.69, 9.17) is 9.47 Å². The highest BCUT2D eigenvalue weighted by Gasteiger charge is 2.03. The highest BCUT2D eigenvalue weighted by atomic mass is 16.5. The molecule has 0 atom stereocenters. The first-order valence-corrected chi connectivity index (χ1v) is 9.75. The van der Waals surface area contributed by atoms with Crippen LogP contribution < -0.4 is 0 Å². The van der Waals surface area contributed by atoms with Gasteiger partial charge in [0.15, 0.2) is 0 Å². The predicted octanol–water partition coefficient (Wildman–Crippen LogP) is 5.32. The summed E-state index contributed by atoms with van der Waals surface area (Å²) < 4.78 is 10.2. The summed E-state index contributed by atoms with van der Waals surface area (Å²) >= 11 is 0. The molecule has 4 heteroatoms. The molecule has 0 saturated carbocycles. The fourth-order valence-corrected chi connectivity index (χ4v) is 2.50. The standard InChI is InChI=1S/C22H32O4/c1-2-18-25-21(23)16-10-5-3-4-6-11-17-22(24)26-19-12-15-20-13-8-7-9-14-20/h7-9,12-15H,2-6,10-11,16-19H2,1H3/b15-12+. The van der Waals surface area contributed by atoms with Gasteiger partial charge in [0.25, 0.3) is 0 Å². The lowest BCUT2D eigenvalue weighted by atomic mass is 10.1. The maximum atomic E-state index is 11.6. The van der Waals surface area contributed by atoms with Gasteiger partial charge in [-0.25, -0.2) is 0 Å². The van der Waals surface area contributed by atoms with Crippen molar-refractivity contribution in [3.63, 3.8) is 0 Å². The summed E-state index contributed by atoms with van der Waals surface area (Å²) in [7, 11) is 0. The van der Waals surface area contributed by atoms with Gasteiger partial charge < -0.3 is 9.47 Å². The smallest absolute Gasteiger partial charge is 0.306 e. The Morgan fingerprint density at radius 2 is 1.42 bits per heavy atom. The van der Waals surface area contributed by atoms with Gasteiger partial charge in [-0.3, -0.25) is 9.59 Å². The van der Waals surface area contributed by atoms with E-state index in [-0.39, 0.29) is 11.9 Å². The van der Waals surface area contributed by atoms with Gasteiger partial charge >= 0.3 is 11.9 Å². The molecule has 0 heterocycles. The molecule has 0 radical (unpaired) electrons. The number of esters is 2. The lowest BCUT2D eigenvalue weighted by molar-refractivity contribution is -0.144. The summed E-state index contributed by atoms with van der Waals surface area (Å²) in [6.07, 6.45) is 11.7. The van der Waals surface area contributed by atoms with Crippen LogP contribution in [0.3, 0.4) is 0 Å². The van der Waals surface area contributed by atoms with Crippen LogP contribution in [-0.4, -0.2) is 25.2 Å². The van der Waals surface area contributed by atoms with Crippen molar-refractivity contribution in [2.45, 2.75) is 64.7 Å². The topological polar surface area (TPSA) is 52.6 Å². The van der Waals surface area contributed by atoms with Gasteiger partial charge in [0.05, 0.1) is 6.61 Å². The summed E-state index contributed by atoms with van der Waals surface area (Å²) in [6.45, 7) is 2.84. The van der Waals surface area contributed by atoms with Crippen LogP contribution in [0.1, 0.15) is 70.3 Å². The number of rotatable bonds is 14. The molecule has 0 N–H and O–H groups in total. The normalized spacial score (nSPS) is 10.8. The Labute approximate surface area is 157 Å². The molecule has 0 spiro atoms. The second-order valence-corrected chi connectivity index (χ2v) is 6.34. The first-order chi connectivity index (χ1) is 12.7. The van der Waals surface area contributed by atoms with E-state index in [1.54, 1.807) is 0 Å². The molecule has 0 amide bonds. The van der Waals surface area contributed by atoms with Crippen LogP contribution in [0.5, 0.6) is 0 Å². The van der Waals surface area contributed by atoms with Gasteiger partial charge in [0, 0.05) is 12.8 Å². The molecule has 0 fully saturated rings. The van der Waals surface area contributed by atoms with Gasteiger partial charge in [-0.1, -0.05) is 69.0 Å². The molecule has 4 nitrogen and oxygen atoms in total. The SMILES string of the molecule is CCCOC(=O)CCCCCCCCC(=O)OC/C=C/c1ccccc1. The Bertz CT molecular complexity index is 522. The van der Waals surface area contributed by atoms with Crippen LogP contribution in [0, 0.1) is 0 Å². The Kier molecular flexibility index (Phi) is 12.8. The lowest BCUT2D eigenvalue weighted by Gasteiger charge is -2.04. The summed E-state index contributed by atoms with van der Waals surface area (Å²) in [5, 5.41) is 0. The Balaban J connectivity index is 1.90. The van der Waals surface area contributed by atoms with Gasteiger partial charge in [-0.15, -0.1) is 0 Å². The monoisotopic (exact) mass is 360 g/mol. The number of carbonyl (C=O) groups excluding carboxylic acids is 2. The highest BCUT2D eigenvalue weighted by molar-refractivity contribution is 5.69. The Morgan fingerprint density at radius 1 is 0.846 bits per heavy atom. The minimum Gasteiger partial charge on any atom is -0.466 e. The summed E-state index contributed by atoms with van der Waals surface area (Å²) in [4.78, 5) is 23.0. The van der Waals surface area contributed by atoms with Crippen LogP contribution in [-0.2, 0) is 19.1 Å². The molecule has 1 aromatic rings. The number of unbranched alkanes of at least 4 members (excludes halogenated alkanes) is 5. The zero-order valence-electron chi connectivity index (χ0n) is 16.0. The van der Waals surface area contributed by atoms with Gasteiger partial charge in [0.2, 0.25) is 0 Å². The van der Waals surface area contributed by atoms with Crippen molar-refractivity contribution >= 4 is 18.0 Å². The summed E-state index contributed by atoms with van der Waals surface area (Å²) in [5.41, 5.74) is 1.10. The van der Waals surface area contributed by atoms with Gasteiger partial charge in [0.1, 0.15) is 6.61 Å². The zero-order chi connectivity index (χ0) is 18.9. The highest BCUT2D eigenvalue weighted by Crippen LogP contribution is 2.10. The molecule has 26 heavy (non-hydrogen) atoms. The summed E-state index contributed by atoms with van der Waals surface area (Å²) in [5.74, 6) is -0.225. The van der Waals surface area contributed by atoms with Crippen molar-refractivity contribution in [2.24, 2.45) is 0 Å². The molecule has 0 aliphatic heterocycles. The van der Waals surface area contributed by atoms with Crippen molar-refractivity contribution in [3.8, 4) is 0 Å². The average molecular weight is 360 g/mol. The number of ether oxygens (including phenoxy) is 2. The van der Waals surface area contributed by atoms with Crippen molar-refractivity contribution < 1.29 is 19.1 Å². The van der Waals surface area contributed by atoms with Crippen LogP contribution in [0.25, 0.3) is 6.08 Å². The predicted molar refractivity (Wildman–Crippen MR) is 105 cm³/mol. The molecule has 0 aliphatic carbocycles. The van der Waals surface area contributed by atoms with Crippen LogP contribution in [0.4, 0.5) is 0 Å². The summed E-state index contributed by atoms with van der Waals surface area (Å²) in [6, 6.07) is 9.94. The van der Waals surface area contributed by atoms with E-state index in [0.29, 0.717) is 26.1 Å². The zero-order valence-corrected chi connectivity index (χ0v) is 16.0. The van der Waals surface area contributed by atoms with Crippen molar-refractivity contribution in [2.75, 3.05) is 13.2 Å². The molecular formula is C22H32O4. The molecule has 0 unspecified atom stereocenters. The Morgan fingerprint density at radius 3 is 2.04 bits per heavy atom. The quantitative estimate of drug-likeness (QED) is 0.333. The Hall–Kier alpha value is -2.10. The third-order valence-corrected chi connectivity index (χ3v) is 3.93. The number of benzene rings is 1. The van der Waals surface area contributed by atoms with Crippen molar-refractivity contribution in [3.05, 3.63) is 42.0 Å². The first-order valence-electron chi connectivity index (χ1n) is 9.75. The van der Waals surface area contributed by atoms with Crippen LogP contribution in [0.15, 0.2) is 36.4 Å². The minimum absolute atomic E-state index is 0.0871. The van der Waals surface area contributed by atoms with Crippen LogP contribution in [0.2, 0.25) is 0 Å². The molecule has 144 valence electrons. The van der Waals surface area contributed by atoms with Crippen molar-refractivity contribution in [1.29, 1.82) is 0 Å².